The van der Waals surface area contributed by atoms with Gasteiger partial charge >= 0.3 is 0 Å². The van der Waals surface area contributed by atoms with E-state index in [0.29, 0.717) is 24.2 Å². The summed E-state index contributed by atoms with van der Waals surface area (Å²) in [7, 11) is 0. The fourth-order valence-corrected chi connectivity index (χ4v) is 3.33. The molecule has 0 unspecified atom stereocenters. The Morgan fingerprint density at radius 3 is 2.15 bits per heavy atom. The summed E-state index contributed by atoms with van der Waals surface area (Å²) in [6.07, 6.45) is 3.05. The maximum Gasteiger partial charge on any atom is 0.271 e. The number of piperidine rings is 1. The number of hydrogen-bond acceptors (Lipinski definition) is 2. The number of aryl methyl sites for hydroxylation is 1. The van der Waals surface area contributed by atoms with Gasteiger partial charge in [0.25, 0.3) is 11.8 Å². The number of carbonyl (C=O) groups is 2. The summed E-state index contributed by atoms with van der Waals surface area (Å²) in [4.78, 5) is 27.5. The molecule has 2 aromatic rings. The van der Waals surface area contributed by atoms with Crippen LogP contribution in [-0.4, -0.2) is 29.8 Å². The quantitative estimate of drug-likeness (QED) is 0.799. The van der Waals surface area contributed by atoms with E-state index in [1.54, 1.807) is 29.2 Å². The van der Waals surface area contributed by atoms with Crippen molar-refractivity contribution in [3.8, 4) is 0 Å². The number of rotatable bonds is 4. The van der Waals surface area contributed by atoms with Crippen LogP contribution in [0.1, 0.15) is 40.7 Å². The highest BCUT2D eigenvalue weighted by Gasteiger charge is 2.25. The number of benzene rings is 2. The predicted octanol–water partition coefficient (Wildman–Crippen LogP) is 4.34. The zero-order valence-corrected chi connectivity index (χ0v) is 16.1. The van der Waals surface area contributed by atoms with Crippen molar-refractivity contribution < 1.29 is 9.59 Å². The molecule has 1 aliphatic rings. The van der Waals surface area contributed by atoms with E-state index in [0.717, 1.165) is 24.8 Å². The lowest BCUT2D eigenvalue weighted by molar-refractivity contribution is -0.128. The highest BCUT2D eigenvalue weighted by Crippen LogP contribution is 2.25. The molecule has 4 nitrogen and oxygen atoms in total. The van der Waals surface area contributed by atoms with Crippen molar-refractivity contribution in [2.45, 2.75) is 26.2 Å². The van der Waals surface area contributed by atoms with Crippen molar-refractivity contribution >= 4 is 28.4 Å². The molecule has 0 aliphatic carbocycles. The molecule has 140 valence electrons. The zero-order valence-electron chi connectivity index (χ0n) is 15.4. The van der Waals surface area contributed by atoms with Crippen molar-refractivity contribution in [3.05, 3.63) is 77.0 Å². The van der Waals surface area contributed by atoms with Crippen molar-refractivity contribution in [2.24, 2.45) is 0 Å². The number of nitrogens with one attached hydrogen (secondary N) is 1. The fourth-order valence-electron chi connectivity index (χ4n) is 3.08. The van der Waals surface area contributed by atoms with Crippen molar-refractivity contribution in [2.75, 3.05) is 13.1 Å². The van der Waals surface area contributed by atoms with Gasteiger partial charge in [-0.05, 0) is 43.9 Å². The maximum absolute atomic E-state index is 13.1. The minimum absolute atomic E-state index is 0.135. The predicted molar refractivity (Wildman–Crippen MR) is 108 cm³/mol. The summed E-state index contributed by atoms with van der Waals surface area (Å²) in [5.41, 5.74) is 2.42. The van der Waals surface area contributed by atoms with Gasteiger partial charge in [-0.1, -0.05) is 59.6 Å². The second-order valence-corrected chi connectivity index (χ2v) is 7.11. The molecule has 0 saturated carbocycles. The third-order valence-corrected chi connectivity index (χ3v) is 5.06. The van der Waals surface area contributed by atoms with E-state index in [1.165, 1.54) is 0 Å². The molecule has 0 bridgehead atoms. The molecule has 1 heterocycles. The molecule has 2 amide bonds. The topological polar surface area (TPSA) is 49.4 Å². The van der Waals surface area contributed by atoms with Crippen LogP contribution in [-0.2, 0) is 4.79 Å². The van der Waals surface area contributed by atoms with Crippen molar-refractivity contribution in [3.63, 3.8) is 0 Å². The van der Waals surface area contributed by atoms with Crippen LogP contribution >= 0.6 is 11.6 Å². The molecular weight excluding hydrogens is 360 g/mol. The lowest BCUT2D eigenvalue weighted by Gasteiger charge is -2.28. The molecule has 1 N–H and O–H groups in total. The molecule has 0 radical (unpaired) electrons. The van der Waals surface area contributed by atoms with Gasteiger partial charge in [0.2, 0.25) is 0 Å². The number of hydrogen-bond donors (Lipinski definition) is 1. The van der Waals surface area contributed by atoms with Gasteiger partial charge in [0.05, 0.1) is 5.03 Å². The Labute approximate surface area is 164 Å². The highest BCUT2D eigenvalue weighted by atomic mass is 35.5. The minimum atomic E-state index is -0.346. The molecule has 5 heteroatoms. The second-order valence-electron chi connectivity index (χ2n) is 6.73. The van der Waals surface area contributed by atoms with Crippen molar-refractivity contribution in [1.82, 2.24) is 10.2 Å². The molecule has 2 aromatic carbocycles. The molecule has 1 saturated heterocycles. The van der Waals surface area contributed by atoms with Gasteiger partial charge in [-0.15, -0.1) is 0 Å². The van der Waals surface area contributed by atoms with Crippen molar-refractivity contribution in [1.29, 1.82) is 0 Å². The van der Waals surface area contributed by atoms with Gasteiger partial charge in [0.15, 0.2) is 0 Å². The largest absolute Gasteiger partial charge is 0.337 e. The molecule has 1 fully saturated rings. The lowest BCUT2D eigenvalue weighted by atomic mass is 10.1. The first-order valence-corrected chi connectivity index (χ1v) is 9.56. The zero-order chi connectivity index (χ0) is 19.2. The van der Waals surface area contributed by atoms with Crippen LogP contribution in [0.2, 0.25) is 0 Å². The van der Waals surface area contributed by atoms with Gasteiger partial charge in [0.1, 0.15) is 5.70 Å². The van der Waals surface area contributed by atoms with Crippen LogP contribution in [0.25, 0.3) is 5.03 Å². The molecule has 0 atom stereocenters. The first-order valence-electron chi connectivity index (χ1n) is 9.19. The summed E-state index contributed by atoms with van der Waals surface area (Å²) in [6.45, 7) is 3.35. The number of halogens is 1. The number of carbonyl (C=O) groups excluding carboxylic acids is 2. The van der Waals surface area contributed by atoms with E-state index in [1.807, 2.05) is 37.3 Å². The van der Waals surface area contributed by atoms with Gasteiger partial charge in [-0.2, -0.15) is 0 Å². The first kappa shape index (κ1) is 19.2. The Morgan fingerprint density at radius 2 is 1.52 bits per heavy atom. The van der Waals surface area contributed by atoms with Gasteiger partial charge < -0.3 is 10.2 Å². The van der Waals surface area contributed by atoms with Crippen LogP contribution in [0, 0.1) is 6.92 Å². The second kappa shape index (κ2) is 8.87. The fraction of sp³-hybridized carbons (Fsp3) is 0.273. The van der Waals surface area contributed by atoms with Crippen LogP contribution < -0.4 is 5.32 Å². The minimum Gasteiger partial charge on any atom is -0.337 e. The van der Waals surface area contributed by atoms with Crippen LogP contribution in [0.3, 0.4) is 0 Å². The van der Waals surface area contributed by atoms with Gasteiger partial charge in [-0.3, -0.25) is 9.59 Å². The Balaban J connectivity index is 1.94. The molecule has 3 rings (SSSR count). The summed E-state index contributed by atoms with van der Waals surface area (Å²) >= 11 is 6.59. The summed E-state index contributed by atoms with van der Waals surface area (Å²) in [5, 5.41) is 3.02. The average molecular weight is 383 g/mol. The monoisotopic (exact) mass is 382 g/mol. The van der Waals surface area contributed by atoms with E-state index < -0.39 is 0 Å². The van der Waals surface area contributed by atoms with E-state index in [9.17, 15) is 9.59 Å². The van der Waals surface area contributed by atoms with Gasteiger partial charge in [-0.25, -0.2) is 0 Å². The van der Waals surface area contributed by atoms with Crippen LogP contribution in [0.5, 0.6) is 0 Å². The molecule has 27 heavy (non-hydrogen) atoms. The molecule has 1 aliphatic heterocycles. The summed E-state index contributed by atoms with van der Waals surface area (Å²) in [6, 6.07) is 16.4. The molecular formula is C22H23ClN2O2. The van der Waals surface area contributed by atoms with E-state index in [2.05, 4.69) is 5.32 Å². The third kappa shape index (κ3) is 4.77. The number of likely N-dealkylation sites (tertiary alicyclic amines) is 1. The molecule has 0 spiro atoms. The summed E-state index contributed by atoms with van der Waals surface area (Å²) in [5.74, 6) is -0.578. The standard InChI is InChI=1S/C22H23ClN2O2/c1-16-10-12-17(13-11-16)19(23)20(22(27)25-14-6-3-7-15-25)24-21(26)18-8-4-2-5-9-18/h2,4-5,8-13H,3,6-7,14-15H2,1H3,(H,24,26)/b20-19-. The van der Waals surface area contributed by atoms with Gasteiger partial charge in [0, 0.05) is 18.7 Å². The van der Waals surface area contributed by atoms with E-state index in [4.69, 9.17) is 11.6 Å². The molecule has 0 aromatic heterocycles. The van der Waals surface area contributed by atoms with Crippen LogP contribution in [0.4, 0.5) is 0 Å². The smallest absolute Gasteiger partial charge is 0.271 e. The Hall–Kier alpha value is -2.59. The summed E-state index contributed by atoms with van der Waals surface area (Å²) < 4.78 is 0. The SMILES string of the molecule is Cc1ccc(/C(Cl)=C(/NC(=O)c2ccccc2)C(=O)N2CCCCC2)cc1. The third-order valence-electron chi connectivity index (χ3n) is 4.66. The van der Waals surface area contributed by atoms with E-state index >= 15 is 0 Å². The Morgan fingerprint density at radius 1 is 0.889 bits per heavy atom. The number of amides is 2. The Bertz CT molecular complexity index is 838. The average Bonchev–Trinajstić information content (AvgIpc) is 2.72. The lowest BCUT2D eigenvalue weighted by Crippen LogP contribution is -2.41. The van der Waals surface area contributed by atoms with Crippen LogP contribution in [0.15, 0.2) is 60.3 Å². The van der Waals surface area contributed by atoms with E-state index in [-0.39, 0.29) is 22.5 Å². The highest BCUT2D eigenvalue weighted by molar-refractivity contribution is 6.51. The Kier molecular flexibility index (Phi) is 6.30. The maximum atomic E-state index is 13.1. The number of nitrogens with zero attached hydrogens (tertiary/aromatic N) is 1. The normalized spacial score (nSPS) is 15.1. The first-order chi connectivity index (χ1) is 13.1.